The van der Waals surface area contributed by atoms with E-state index in [0.29, 0.717) is 11.7 Å². The highest BCUT2D eigenvalue weighted by molar-refractivity contribution is 5.94. The number of aromatic nitrogens is 1. The third kappa shape index (κ3) is 4.53. The second kappa shape index (κ2) is 6.35. The lowest BCUT2D eigenvalue weighted by Crippen LogP contribution is -2.39. The number of carbonyl (C=O) groups is 1. The van der Waals surface area contributed by atoms with Crippen LogP contribution in [0.1, 0.15) is 26.0 Å². The summed E-state index contributed by atoms with van der Waals surface area (Å²) in [5.74, 6) is 1.06. The van der Waals surface area contributed by atoms with Gasteiger partial charge in [0.2, 0.25) is 5.91 Å². The summed E-state index contributed by atoms with van der Waals surface area (Å²) in [6.45, 7) is 6.10. The first-order valence-electron chi connectivity index (χ1n) is 5.94. The number of amides is 1. The van der Waals surface area contributed by atoms with Gasteiger partial charge < -0.3 is 10.6 Å². The van der Waals surface area contributed by atoms with Crippen LogP contribution in [0.15, 0.2) is 18.2 Å². The minimum absolute atomic E-state index is 0.0284. The van der Waals surface area contributed by atoms with Crippen LogP contribution in [0.4, 0.5) is 5.82 Å². The Balaban J connectivity index is 2.64. The lowest BCUT2D eigenvalue weighted by molar-refractivity contribution is -0.118. The molecule has 0 spiro atoms. The largest absolute Gasteiger partial charge is 0.309 e. The highest BCUT2D eigenvalue weighted by Crippen LogP contribution is 2.08. The van der Waals surface area contributed by atoms with Gasteiger partial charge in [-0.2, -0.15) is 0 Å². The summed E-state index contributed by atoms with van der Waals surface area (Å²) in [7, 11) is 1.80. The molecule has 0 aliphatic carbocycles. The first kappa shape index (κ1) is 13.6. The van der Waals surface area contributed by atoms with E-state index in [9.17, 15) is 4.79 Å². The Hall–Kier alpha value is -1.42. The van der Waals surface area contributed by atoms with Gasteiger partial charge in [0.05, 0.1) is 6.04 Å². The van der Waals surface area contributed by atoms with Crippen LogP contribution in [0, 0.1) is 12.8 Å². The summed E-state index contributed by atoms with van der Waals surface area (Å²) in [5.41, 5.74) is 0.896. The summed E-state index contributed by atoms with van der Waals surface area (Å²) in [5, 5.41) is 5.85. The lowest BCUT2D eigenvalue weighted by atomic mass is 10.0. The van der Waals surface area contributed by atoms with Crippen LogP contribution in [0.5, 0.6) is 0 Å². The van der Waals surface area contributed by atoms with E-state index < -0.39 is 0 Å². The summed E-state index contributed by atoms with van der Waals surface area (Å²) in [6.07, 6.45) is 0.814. The van der Waals surface area contributed by atoms with Crippen LogP contribution in [-0.4, -0.2) is 24.0 Å². The molecule has 1 atom stereocenters. The molecule has 1 rings (SSSR count). The van der Waals surface area contributed by atoms with Gasteiger partial charge in [-0.25, -0.2) is 4.98 Å². The molecule has 0 saturated carbocycles. The molecule has 0 fully saturated rings. The van der Waals surface area contributed by atoms with Gasteiger partial charge in [-0.3, -0.25) is 4.79 Å². The smallest absolute Gasteiger partial charge is 0.242 e. The van der Waals surface area contributed by atoms with Crippen LogP contribution in [0.25, 0.3) is 0 Å². The normalized spacial score (nSPS) is 12.5. The van der Waals surface area contributed by atoms with E-state index in [2.05, 4.69) is 29.5 Å². The van der Waals surface area contributed by atoms with Crippen molar-refractivity contribution in [2.45, 2.75) is 33.2 Å². The van der Waals surface area contributed by atoms with Crippen molar-refractivity contribution in [3.8, 4) is 0 Å². The van der Waals surface area contributed by atoms with E-state index in [-0.39, 0.29) is 11.9 Å². The number of carbonyl (C=O) groups excluding carboxylic acids is 1. The molecule has 1 heterocycles. The average molecular weight is 235 g/mol. The van der Waals surface area contributed by atoms with Gasteiger partial charge in [0, 0.05) is 5.69 Å². The molecule has 2 N–H and O–H groups in total. The Bertz CT molecular complexity index is 377. The van der Waals surface area contributed by atoms with Crippen molar-refractivity contribution in [2.24, 2.45) is 5.92 Å². The van der Waals surface area contributed by atoms with Crippen molar-refractivity contribution >= 4 is 11.7 Å². The molecule has 0 aliphatic rings. The minimum Gasteiger partial charge on any atom is -0.309 e. The van der Waals surface area contributed by atoms with Gasteiger partial charge in [-0.05, 0) is 38.4 Å². The SMILES string of the molecule is CNC(CC(C)C)C(=O)Nc1cccc(C)n1. The van der Waals surface area contributed by atoms with E-state index in [4.69, 9.17) is 0 Å². The van der Waals surface area contributed by atoms with Crippen molar-refractivity contribution in [1.29, 1.82) is 0 Å². The fourth-order valence-electron chi connectivity index (χ4n) is 1.65. The van der Waals surface area contributed by atoms with E-state index in [1.165, 1.54) is 0 Å². The molecule has 4 heteroatoms. The highest BCUT2D eigenvalue weighted by Gasteiger charge is 2.17. The van der Waals surface area contributed by atoms with Crippen LogP contribution in [-0.2, 0) is 4.79 Å². The molecule has 1 amide bonds. The Morgan fingerprint density at radius 1 is 1.41 bits per heavy atom. The van der Waals surface area contributed by atoms with E-state index in [1.807, 2.05) is 19.1 Å². The minimum atomic E-state index is -0.169. The number of hydrogen-bond donors (Lipinski definition) is 2. The molecule has 4 nitrogen and oxygen atoms in total. The summed E-state index contributed by atoms with van der Waals surface area (Å²) >= 11 is 0. The highest BCUT2D eigenvalue weighted by atomic mass is 16.2. The van der Waals surface area contributed by atoms with E-state index in [1.54, 1.807) is 13.1 Å². The first-order chi connectivity index (χ1) is 8.02. The van der Waals surface area contributed by atoms with Crippen LogP contribution >= 0.6 is 0 Å². The third-order valence-electron chi connectivity index (χ3n) is 2.51. The number of nitrogens with zero attached hydrogens (tertiary/aromatic N) is 1. The third-order valence-corrected chi connectivity index (χ3v) is 2.51. The molecule has 0 radical (unpaired) electrons. The number of anilines is 1. The molecule has 0 aromatic carbocycles. The number of likely N-dealkylation sites (N-methyl/N-ethyl adjacent to an activating group) is 1. The maximum Gasteiger partial charge on any atom is 0.242 e. The zero-order chi connectivity index (χ0) is 12.8. The van der Waals surface area contributed by atoms with Gasteiger partial charge in [-0.15, -0.1) is 0 Å². The van der Waals surface area contributed by atoms with Gasteiger partial charge >= 0.3 is 0 Å². The van der Waals surface area contributed by atoms with Crippen molar-refractivity contribution in [3.63, 3.8) is 0 Å². The Labute approximate surface area is 103 Å². The second-order valence-electron chi connectivity index (χ2n) is 4.62. The Morgan fingerprint density at radius 3 is 2.65 bits per heavy atom. The molecule has 1 unspecified atom stereocenters. The lowest BCUT2D eigenvalue weighted by Gasteiger charge is -2.17. The van der Waals surface area contributed by atoms with E-state index in [0.717, 1.165) is 12.1 Å². The van der Waals surface area contributed by atoms with E-state index >= 15 is 0 Å². The maximum atomic E-state index is 12.0. The van der Waals surface area contributed by atoms with Gasteiger partial charge in [0.15, 0.2) is 0 Å². The maximum absolute atomic E-state index is 12.0. The quantitative estimate of drug-likeness (QED) is 0.820. The average Bonchev–Trinajstić information content (AvgIpc) is 2.25. The zero-order valence-corrected chi connectivity index (χ0v) is 10.9. The van der Waals surface area contributed by atoms with Crippen molar-refractivity contribution < 1.29 is 4.79 Å². The number of hydrogen-bond acceptors (Lipinski definition) is 3. The molecule has 0 aliphatic heterocycles. The number of rotatable bonds is 5. The monoisotopic (exact) mass is 235 g/mol. The molecular formula is C13H21N3O. The number of aryl methyl sites for hydroxylation is 1. The second-order valence-corrected chi connectivity index (χ2v) is 4.62. The fraction of sp³-hybridized carbons (Fsp3) is 0.538. The van der Waals surface area contributed by atoms with Gasteiger partial charge in [-0.1, -0.05) is 19.9 Å². The zero-order valence-electron chi connectivity index (χ0n) is 10.9. The van der Waals surface area contributed by atoms with Gasteiger partial charge in [0.25, 0.3) is 0 Å². The molecule has 1 aromatic rings. The number of pyridine rings is 1. The topological polar surface area (TPSA) is 54.0 Å². The predicted octanol–water partition coefficient (Wildman–Crippen LogP) is 1.96. The molecule has 1 aromatic heterocycles. The predicted molar refractivity (Wildman–Crippen MR) is 69.9 cm³/mol. The van der Waals surface area contributed by atoms with Crippen LogP contribution in [0.2, 0.25) is 0 Å². The summed E-state index contributed by atoms with van der Waals surface area (Å²) in [6, 6.07) is 5.42. The Kier molecular flexibility index (Phi) is 5.10. The van der Waals surface area contributed by atoms with Crippen molar-refractivity contribution in [1.82, 2.24) is 10.3 Å². The molecule has 0 saturated heterocycles. The van der Waals surface area contributed by atoms with Crippen LogP contribution < -0.4 is 10.6 Å². The van der Waals surface area contributed by atoms with Crippen LogP contribution in [0.3, 0.4) is 0 Å². The molecular weight excluding hydrogens is 214 g/mol. The standard InChI is InChI=1S/C13H21N3O/c1-9(2)8-11(14-4)13(17)16-12-7-5-6-10(3)15-12/h5-7,9,11,14H,8H2,1-4H3,(H,15,16,17). The fourth-order valence-corrected chi connectivity index (χ4v) is 1.65. The molecule has 0 bridgehead atoms. The van der Waals surface area contributed by atoms with Gasteiger partial charge in [0.1, 0.15) is 5.82 Å². The summed E-state index contributed by atoms with van der Waals surface area (Å²) in [4.78, 5) is 16.2. The molecule has 94 valence electrons. The number of nitrogens with one attached hydrogen (secondary N) is 2. The first-order valence-corrected chi connectivity index (χ1v) is 5.94. The summed E-state index contributed by atoms with van der Waals surface area (Å²) < 4.78 is 0. The van der Waals surface area contributed by atoms with Crippen molar-refractivity contribution in [3.05, 3.63) is 23.9 Å². The van der Waals surface area contributed by atoms with Crippen molar-refractivity contribution in [2.75, 3.05) is 12.4 Å². The Morgan fingerprint density at radius 2 is 2.12 bits per heavy atom. The molecule has 17 heavy (non-hydrogen) atoms.